The number of nitrogens with one attached hydrogen (secondary N) is 1. The van der Waals surface area contributed by atoms with Crippen LogP contribution < -0.4 is 5.69 Å². The zero-order valence-corrected chi connectivity index (χ0v) is 16.4. The van der Waals surface area contributed by atoms with Gasteiger partial charge >= 0.3 is 5.69 Å². The molecule has 0 saturated carbocycles. The van der Waals surface area contributed by atoms with E-state index in [9.17, 15) is 9.59 Å². The van der Waals surface area contributed by atoms with Crippen LogP contribution in [0, 0.1) is 13.8 Å². The number of aromatic amines is 1. The molecule has 0 aliphatic carbocycles. The van der Waals surface area contributed by atoms with Gasteiger partial charge in [-0.15, -0.1) is 0 Å². The Labute approximate surface area is 158 Å². The summed E-state index contributed by atoms with van der Waals surface area (Å²) in [5.41, 5.74) is 2.02. The molecule has 2 aromatic heterocycles. The van der Waals surface area contributed by atoms with Crippen LogP contribution in [-0.2, 0) is 11.2 Å². The SMILES string of the molecule is Cc1nc(=O)[nH]c(C)c1CCC(=O)N1CCCC[C@@H]1c1nc(C(C)C)no1. The normalized spacial score (nSPS) is 17.5. The van der Waals surface area contributed by atoms with E-state index in [0.717, 1.165) is 30.5 Å². The molecule has 1 saturated heterocycles. The van der Waals surface area contributed by atoms with Crippen molar-refractivity contribution in [3.05, 3.63) is 39.2 Å². The Morgan fingerprint density at radius 2 is 2.07 bits per heavy atom. The molecule has 146 valence electrons. The third-order valence-corrected chi connectivity index (χ3v) is 5.12. The summed E-state index contributed by atoms with van der Waals surface area (Å²) < 4.78 is 5.46. The van der Waals surface area contributed by atoms with Gasteiger partial charge in [-0.2, -0.15) is 9.97 Å². The highest BCUT2D eigenvalue weighted by Gasteiger charge is 2.32. The fourth-order valence-electron chi connectivity index (χ4n) is 3.60. The van der Waals surface area contributed by atoms with Gasteiger partial charge in [-0.3, -0.25) is 4.79 Å². The van der Waals surface area contributed by atoms with Gasteiger partial charge in [0, 0.05) is 30.3 Å². The Morgan fingerprint density at radius 1 is 1.30 bits per heavy atom. The molecule has 3 rings (SSSR count). The summed E-state index contributed by atoms with van der Waals surface area (Å²) in [5.74, 6) is 1.46. The van der Waals surface area contributed by atoms with E-state index in [1.54, 1.807) is 6.92 Å². The molecule has 1 fully saturated rings. The zero-order valence-electron chi connectivity index (χ0n) is 16.4. The van der Waals surface area contributed by atoms with E-state index in [-0.39, 0.29) is 23.6 Å². The highest BCUT2D eigenvalue weighted by atomic mass is 16.5. The average molecular weight is 373 g/mol. The van der Waals surface area contributed by atoms with Crippen molar-refractivity contribution in [1.29, 1.82) is 0 Å². The quantitative estimate of drug-likeness (QED) is 0.863. The van der Waals surface area contributed by atoms with E-state index in [0.29, 0.717) is 36.8 Å². The maximum Gasteiger partial charge on any atom is 0.345 e. The van der Waals surface area contributed by atoms with E-state index in [2.05, 4.69) is 20.1 Å². The Kier molecular flexibility index (Phi) is 5.72. The Morgan fingerprint density at radius 3 is 2.74 bits per heavy atom. The number of amides is 1. The van der Waals surface area contributed by atoms with Gasteiger partial charge in [0.25, 0.3) is 0 Å². The fraction of sp³-hybridized carbons (Fsp3) is 0.632. The van der Waals surface area contributed by atoms with E-state index >= 15 is 0 Å². The zero-order chi connectivity index (χ0) is 19.6. The molecule has 1 amide bonds. The second-order valence-corrected chi connectivity index (χ2v) is 7.48. The molecule has 0 radical (unpaired) electrons. The Hall–Kier alpha value is -2.51. The van der Waals surface area contributed by atoms with Gasteiger partial charge in [0.15, 0.2) is 5.82 Å². The molecule has 1 N–H and O–H groups in total. The minimum absolute atomic E-state index is 0.0639. The molecule has 0 aromatic carbocycles. The predicted molar refractivity (Wildman–Crippen MR) is 99.3 cm³/mol. The average Bonchev–Trinajstić information content (AvgIpc) is 3.11. The van der Waals surface area contributed by atoms with Crippen molar-refractivity contribution >= 4 is 5.91 Å². The van der Waals surface area contributed by atoms with Crippen LogP contribution in [0.15, 0.2) is 9.32 Å². The number of H-pyrrole nitrogens is 1. The number of likely N-dealkylation sites (tertiary alicyclic amines) is 1. The third kappa shape index (κ3) is 4.26. The van der Waals surface area contributed by atoms with Crippen molar-refractivity contribution < 1.29 is 9.32 Å². The fourth-order valence-corrected chi connectivity index (χ4v) is 3.60. The summed E-state index contributed by atoms with van der Waals surface area (Å²) in [7, 11) is 0. The van der Waals surface area contributed by atoms with E-state index in [4.69, 9.17) is 4.52 Å². The highest BCUT2D eigenvalue weighted by molar-refractivity contribution is 5.77. The Balaban J connectivity index is 1.73. The first-order valence-electron chi connectivity index (χ1n) is 9.56. The molecule has 1 atom stereocenters. The number of piperidine rings is 1. The van der Waals surface area contributed by atoms with Crippen LogP contribution >= 0.6 is 0 Å². The second-order valence-electron chi connectivity index (χ2n) is 7.48. The van der Waals surface area contributed by atoms with Gasteiger partial charge in [0.1, 0.15) is 6.04 Å². The monoisotopic (exact) mass is 373 g/mol. The lowest BCUT2D eigenvalue weighted by Crippen LogP contribution is -2.38. The lowest BCUT2D eigenvalue weighted by Gasteiger charge is -2.33. The summed E-state index contributed by atoms with van der Waals surface area (Å²) in [4.78, 5) is 37.4. The number of rotatable bonds is 5. The minimum atomic E-state index is -0.353. The minimum Gasteiger partial charge on any atom is -0.337 e. The topological polar surface area (TPSA) is 105 Å². The predicted octanol–water partition coefficient (Wildman–Crippen LogP) is 2.58. The number of carbonyl (C=O) groups is 1. The molecule has 2 aromatic rings. The summed E-state index contributed by atoms with van der Waals surface area (Å²) >= 11 is 0. The highest BCUT2D eigenvalue weighted by Crippen LogP contribution is 2.31. The number of aryl methyl sites for hydroxylation is 2. The van der Waals surface area contributed by atoms with E-state index in [1.807, 2.05) is 25.7 Å². The van der Waals surface area contributed by atoms with Crippen molar-refractivity contribution in [2.75, 3.05) is 6.54 Å². The van der Waals surface area contributed by atoms with Crippen molar-refractivity contribution in [3.63, 3.8) is 0 Å². The van der Waals surface area contributed by atoms with E-state index < -0.39 is 0 Å². The molecule has 0 spiro atoms. The maximum atomic E-state index is 12.9. The molecule has 0 bridgehead atoms. The van der Waals surface area contributed by atoms with Gasteiger partial charge in [-0.25, -0.2) is 4.79 Å². The first-order valence-corrected chi connectivity index (χ1v) is 9.56. The van der Waals surface area contributed by atoms with Crippen LogP contribution in [0.1, 0.15) is 80.2 Å². The number of carbonyl (C=O) groups excluding carboxylic acids is 1. The van der Waals surface area contributed by atoms with Crippen molar-refractivity contribution in [2.24, 2.45) is 0 Å². The first kappa shape index (κ1) is 19.3. The van der Waals surface area contributed by atoms with Crippen molar-refractivity contribution in [2.45, 2.75) is 71.8 Å². The maximum absolute atomic E-state index is 12.9. The van der Waals surface area contributed by atoms with Crippen LogP contribution in [0.3, 0.4) is 0 Å². The van der Waals surface area contributed by atoms with Crippen LogP contribution in [0.4, 0.5) is 0 Å². The molecule has 8 nitrogen and oxygen atoms in total. The summed E-state index contributed by atoms with van der Waals surface area (Å²) in [6, 6.07) is -0.151. The molecule has 27 heavy (non-hydrogen) atoms. The third-order valence-electron chi connectivity index (χ3n) is 5.12. The number of hydrogen-bond donors (Lipinski definition) is 1. The number of hydrogen-bond acceptors (Lipinski definition) is 6. The first-order chi connectivity index (χ1) is 12.9. The van der Waals surface area contributed by atoms with Crippen LogP contribution in [0.5, 0.6) is 0 Å². The summed E-state index contributed by atoms with van der Waals surface area (Å²) in [5, 5.41) is 4.04. The van der Waals surface area contributed by atoms with Gasteiger partial charge in [-0.1, -0.05) is 19.0 Å². The van der Waals surface area contributed by atoms with Gasteiger partial charge in [0.2, 0.25) is 11.8 Å². The van der Waals surface area contributed by atoms with Crippen LogP contribution in [-0.4, -0.2) is 37.5 Å². The molecule has 8 heteroatoms. The van der Waals surface area contributed by atoms with Crippen molar-refractivity contribution in [3.8, 4) is 0 Å². The van der Waals surface area contributed by atoms with Crippen LogP contribution in [0.2, 0.25) is 0 Å². The summed E-state index contributed by atoms with van der Waals surface area (Å²) in [6.45, 7) is 8.37. The molecular formula is C19H27N5O3. The van der Waals surface area contributed by atoms with Gasteiger partial charge in [0.05, 0.1) is 0 Å². The largest absolute Gasteiger partial charge is 0.345 e. The molecule has 1 aliphatic rings. The standard InChI is InChI=1S/C19H27N5O3/c1-11(2)17-22-18(27-23-17)15-7-5-6-10-24(15)16(25)9-8-14-12(3)20-19(26)21-13(14)4/h11,15H,5-10H2,1-4H3,(H,20,21,26)/t15-/m1/s1. The smallest absolute Gasteiger partial charge is 0.337 e. The molecule has 1 aliphatic heterocycles. The molecule has 0 unspecified atom stereocenters. The Bertz CT molecular complexity index is 844. The van der Waals surface area contributed by atoms with Crippen molar-refractivity contribution in [1.82, 2.24) is 25.0 Å². The second kappa shape index (κ2) is 8.02. The number of nitrogens with zero attached hydrogens (tertiary/aromatic N) is 4. The molecule has 3 heterocycles. The van der Waals surface area contributed by atoms with Gasteiger partial charge < -0.3 is 14.4 Å². The number of aromatic nitrogens is 4. The lowest BCUT2D eigenvalue weighted by molar-refractivity contribution is -0.135. The van der Waals surface area contributed by atoms with E-state index in [1.165, 1.54) is 0 Å². The molecular weight excluding hydrogens is 346 g/mol. The van der Waals surface area contributed by atoms with Gasteiger partial charge in [-0.05, 0) is 45.1 Å². The summed E-state index contributed by atoms with van der Waals surface area (Å²) in [6.07, 6.45) is 3.76. The lowest BCUT2D eigenvalue weighted by atomic mass is 10.00. The van der Waals surface area contributed by atoms with Crippen LogP contribution in [0.25, 0.3) is 0 Å².